The minimum absolute atomic E-state index is 0.00701. The van der Waals surface area contributed by atoms with Gasteiger partial charge in [-0.25, -0.2) is 13.9 Å². The van der Waals surface area contributed by atoms with Gasteiger partial charge in [-0.15, -0.1) is 0 Å². The lowest BCUT2D eigenvalue weighted by Gasteiger charge is -2.36. The number of rotatable bonds is 6. The summed E-state index contributed by atoms with van der Waals surface area (Å²) in [4.78, 5) is 40.7. The van der Waals surface area contributed by atoms with E-state index in [1.54, 1.807) is 46.0 Å². The van der Waals surface area contributed by atoms with E-state index >= 15 is 4.39 Å². The maximum atomic E-state index is 15.4. The highest BCUT2D eigenvalue weighted by Crippen LogP contribution is 2.43. The summed E-state index contributed by atoms with van der Waals surface area (Å²) in [6.07, 6.45) is 6.24. The predicted molar refractivity (Wildman–Crippen MR) is 151 cm³/mol. The molecule has 224 valence electrons. The van der Waals surface area contributed by atoms with Gasteiger partial charge in [0, 0.05) is 42.9 Å². The normalized spacial score (nSPS) is 23.7. The number of hydrogen-bond acceptors (Lipinski definition) is 7. The highest BCUT2D eigenvalue weighted by molar-refractivity contribution is 5.88. The molecule has 10 nitrogen and oxygen atoms in total. The molecule has 2 aliphatic heterocycles. The number of hydrogen-bond donors (Lipinski definition) is 1. The zero-order valence-electron chi connectivity index (χ0n) is 24.5. The summed E-state index contributed by atoms with van der Waals surface area (Å²) >= 11 is 0. The van der Waals surface area contributed by atoms with Gasteiger partial charge in [0.1, 0.15) is 23.5 Å². The molecule has 0 radical (unpaired) electrons. The number of fused-ring (bicyclic) bond motifs is 2. The van der Waals surface area contributed by atoms with Crippen LogP contribution in [0.5, 0.6) is 0 Å². The summed E-state index contributed by atoms with van der Waals surface area (Å²) in [6.45, 7) is 8.11. The minimum atomic E-state index is -1.02. The average molecular weight is 580 g/mol. The highest BCUT2D eigenvalue weighted by atomic mass is 19.1. The molecule has 1 N–H and O–H groups in total. The van der Waals surface area contributed by atoms with Crippen LogP contribution in [0.3, 0.4) is 0 Å². The number of likely N-dealkylation sites (tertiary alicyclic amines) is 1. The number of nitrogens with one attached hydrogen (secondary N) is 1. The number of amides is 2. The smallest absolute Gasteiger partial charge is 0.411 e. The molecule has 2 bridgehead atoms. The van der Waals surface area contributed by atoms with E-state index in [9.17, 15) is 19.6 Å². The molecule has 3 aliphatic rings. The molecule has 1 aromatic carbocycles. The molecule has 0 spiro atoms. The van der Waals surface area contributed by atoms with Crippen LogP contribution in [0, 0.1) is 29.0 Å². The van der Waals surface area contributed by atoms with Crippen molar-refractivity contribution in [3.63, 3.8) is 0 Å². The number of carbonyl (C=O) groups is 3. The fourth-order valence-corrected chi connectivity index (χ4v) is 6.39. The van der Waals surface area contributed by atoms with E-state index < -0.39 is 41.4 Å². The third-order valence-corrected chi connectivity index (χ3v) is 8.60. The van der Waals surface area contributed by atoms with Crippen LogP contribution in [0.15, 0.2) is 30.6 Å². The molecule has 42 heavy (non-hydrogen) atoms. The Bertz CT molecular complexity index is 1390. The largest absolute Gasteiger partial charge is 0.444 e. The molecular formula is C31H38FN5O5. The summed E-state index contributed by atoms with van der Waals surface area (Å²) in [5.41, 5.74) is 0.708. The lowest BCUT2D eigenvalue weighted by molar-refractivity contribution is -0.128. The van der Waals surface area contributed by atoms with Gasteiger partial charge in [-0.3, -0.25) is 14.5 Å². The Morgan fingerprint density at radius 1 is 1.17 bits per heavy atom. The molecule has 3 heterocycles. The average Bonchev–Trinajstić information content (AvgIpc) is 3.71. The van der Waals surface area contributed by atoms with Crippen LogP contribution in [0.1, 0.15) is 76.1 Å². The van der Waals surface area contributed by atoms with E-state index in [4.69, 9.17) is 9.47 Å². The predicted octanol–water partition coefficient (Wildman–Crippen LogP) is 4.66. The van der Waals surface area contributed by atoms with E-state index in [1.165, 1.54) is 21.8 Å². The number of piperidine rings is 1. The molecule has 1 saturated carbocycles. The SMILES string of the molecule is C[C@H](c1ccc(-c2cnn(C(=O)C3CCOCC3)c2)cc1F)[C@@H](C#N)NC(=O)[C@@H]1[C@H]2CC[C@H](C2)N1C(=O)OC(C)(C)C. The molecular weight excluding hydrogens is 541 g/mol. The Morgan fingerprint density at radius 2 is 1.90 bits per heavy atom. The minimum Gasteiger partial charge on any atom is -0.444 e. The second-order valence-electron chi connectivity index (χ2n) is 12.6. The van der Waals surface area contributed by atoms with E-state index in [-0.39, 0.29) is 29.3 Å². The first-order chi connectivity index (χ1) is 20.0. The summed E-state index contributed by atoms with van der Waals surface area (Å²) < 4.78 is 27.6. The van der Waals surface area contributed by atoms with Crippen LogP contribution in [0.25, 0.3) is 11.1 Å². The summed E-state index contributed by atoms with van der Waals surface area (Å²) in [5, 5.41) is 16.9. The third kappa shape index (κ3) is 6.04. The molecule has 5 atom stereocenters. The van der Waals surface area contributed by atoms with Gasteiger partial charge < -0.3 is 14.8 Å². The molecule has 3 fully saturated rings. The van der Waals surface area contributed by atoms with E-state index in [0.717, 1.165) is 19.3 Å². The van der Waals surface area contributed by atoms with E-state index in [2.05, 4.69) is 16.5 Å². The van der Waals surface area contributed by atoms with E-state index in [0.29, 0.717) is 37.2 Å². The van der Waals surface area contributed by atoms with Gasteiger partial charge in [-0.05, 0) is 76.0 Å². The van der Waals surface area contributed by atoms with Crippen molar-refractivity contribution in [1.29, 1.82) is 5.26 Å². The Hall–Kier alpha value is -3.78. The van der Waals surface area contributed by atoms with Crippen molar-refractivity contribution in [2.75, 3.05) is 13.2 Å². The summed E-state index contributed by atoms with van der Waals surface area (Å²) in [6, 6.07) is 4.95. The van der Waals surface area contributed by atoms with Crippen molar-refractivity contribution in [2.24, 2.45) is 11.8 Å². The number of ether oxygens (including phenoxy) is 2. The molecule has 1 aromatic heterocycles. The molecule has 5 rings (SSSR count). The third-order valence-electron chi connectivity index (χ3n) is 8.60. The number of benzene rings is 1. The van der Waals surface area contributed by atoms with Crippen LogP contribution >= 0.6 is 0 Å². The number of nitriles is 1. The fraction of sp³-hybridized carbons (Fsp3) is 0.581. The maximum absolute atomic E-state index is 15.4. The topological polar surface area (TPSA) is 127 Å². The number of halogens is 1. The first-order valence-corrected chi connectivity index (χ1v) is 14.6. The molecule has 2 amide bonds. The van der Waals surface area contributed by atoms with Crippen LogP contribution < -0.4 is 5.32 Å². The molecule has 1 aliphatic carbocycles. The van der Waals surface area contributed by atoms with Crippen molar-refractivity contribution < 1.29 is 28.2 Å². The Kier molecular flexibility index (Phi) is 8.37. The van der Waals surface area contributed by atoms with Crippen LogP contribution in [-0.2, 0) is 14.3 Å². The quantitative estimate of drug-likeness (QED) is 0.528. The van der Waals surface area contributed by atoms with Crippen LogP contribution in [0.4, 0.5) is 9.18 Å². The van der Waals surface area contributed by atoms with Gasteiger partial charge in [0.25, 0.3) is 0 Å². The molecule has 2 saturated heterocycles. The van der Waals surface area contributed by atoms with Crippen molar-refractivity contribution in [3.8, 4) is 17.2 Å². The Labute approximate surface area is 245 Å². The van der Waals surface area contributed by atoms with E-state index in [1.807, 2.05) is 0 Å². The lowest BCUT2D eigenvalue weighted by atomic mass is 9.91. The van der Waals surface area contributed by atoms with Crippen LogP contribution in [-0.4, -0.2) is 69.5 Å². The first kappa shape index (κ1) is 29.7. The fourth-order valence-electron chi connectivity index (χ4n) is 6.39. The van der Waals surface area contributed by atoms with Gasteiger partial charge in [-0.2, -0.15) is 10.4 Å². The zero-order valence-corrected chi connectivity index (χ0v) is 24.5. The number of nitrogens with zero attached hydrogens (tertiary/aromatic N) is 4. The summed E-state index contributed by atoms with van der Waals surface area (Å²) in [7, 11) is 0. The van der Waals surface area contributed by atoms with Crippen molar-refractivity contribution in [2.45, 2.75) is 89.4 Å². The Morgan fingerprint density at radius 3 is 2.57 bits per heavy atom. The van der Waals surface area contributed by atoms with Gasteiger partial charge >= 0.3 is 6.09 Å². The van der Waals surface area contributed by atoms with Crippen molar-refractivity contribution in [3.05, 3.63) is 42.0 Å². The second kappa shape index (κ2) is 11.8. The molecule has 11 heteroatoms. The second-order valence-corrected chi connectivity index (χ2v) is 12.6. The highest BCUT2D eigenvalue weighted by Gasteiger charge is 2.52. The maximum Gasteiger partial charge on any atom is 0.411 e. The van der Waals surface area contributed by atoms with Crippen molar-refractivity contribution >= 4 is 17.9 Å². The standard InChI is InChI=1S/C31H38FN5O5/c1-18(26(15-33)35-28(38)27-21-5-7-23(13-21)37(27)30(40)42-31(2,3)4)24-8-6-20(14-25(24)32)22-16-34-36(17-22)29(39)19-9-11-41-12-10-19/h6,8,14,16-19,21,23,26-27H,5,7,9-13H2,1-4H3,(H,35,38)/t18-,21+,23-,26-,27+/m1/s1. The van der Waals surface area contributed by atoms with Crippen molar-refractivity contribution in [1.82, 2.24) is 20.0 Å². The zero-order chi connectivity index (χ0) is 30.2. The van der Waals surface area contributed by atoms with Crippen LogP contribution in [0.2, 0.25) is 0 Å². The van der Waals surface area contributed by atoms with Gasteiger partial charge in [0.2, 0.25) is 11.8 Å². The Balaban J connectivity index is 1.27. The molecule has 0 unspecified atom stereocenters. The monoisotopic (exact) mass is 579 g/mol. The lowest BCUT2D eigenvalue weighted by Crippen LogP contribution is -2.55. The van der Waals surface area contributed by atoms with Gasteiger partial charge in [0.15, 0.2) is 0 Å². The van der Waals surface area contributed by atoms with Gasteiger partial charge in [0.05, 0.1) is 12.3 Å². The first-order valence-electron chi connectivity index (χ1n) is 14.6. The van der Waals surface area contributed by atoms with Gasteiger partial charge in [-0.1, -0.05) is 19.1 Å². The summed E-state index contributed by atoms with van der Waals surface area (Å²) in [5.74, 6) is -1.89. The molecule has 2 aromatic rings. The number of carbonyl (C=O) groups excluding carboxylic acids is 3. The number of aromatic nitrogens is 2.